The highest BCUT2D eigenvalue weighted by molar-refractivity contribution is 6.31. The topological polar surface area (TPSA) is 49.4 Å². The van der Waals surface area contributed by atoms with Gasteiger partial charge < -0.3 is 10.2 Å². The van der Waals surface area contributed by atoms with Crippen LogP contribution in [0, 0.1) is 13.8 Å². The van der Waals surface area contributed by atoms with Gasteiger partial charge in [0.05, 0.1) is 0 Å². The summed E-state index contributed by atoms with van der Waals surface area (Å²) in [4.78, 5) is 25.5. The zero-order valence-corrected chi connectivity index (χ0v) is 14.1. The lowest BCUT2D eigenvalue weighted by Crippen LogP contribution is -2.36. The molecule has 0 radical (unpaired) electrons. The van der Waals surface area contributed by atoms with Gasteiger partial charge in [-0.1, -0.05) is 23.7 Å². The quantitative estimate of drug-likeness (QED) is 0.922. The van der Waals surface area contributed by atoms with Crippen molar-refractivity contribution in [3.05, 3.63) is 58.6 Å². The number of anilines is 2. The number of carbonyl (C=O) groups is 2. The van der Waals surface area contributed by atoms with Crippen molar-refractivity contribution in [1.82, 2.24) is 0 Å². The molecular weight excluding hydrogens is 312 g/mol. The Hall–Kier alpha value is -2.33. The van der Waals surface area contributed by atoms with E-state index in [1.807, 2.05) is 32.0 Å². The van der Waals surface area contributed by atoms with E-state index >= 15 is 0 Å². The molecule has 2 aromatic rings. The van der Waals surface area contributed by atoms with Crippen LogP contribution in [0.25, 0.3) is 0 Å². The minimum absolute atomic E-state index is 0.0668. The van der Waals surface area contributed by atoms with Gasteiger partial charge in [0.15, 0.2) is 0 Å². The lowest BCUT2D eigenvalue weighted by atomic mass is 10.1. The number of benzene rings is 2. The third-order valence-electron chi connectivity index (χ3n) is 3.31. The van der Waals surface area contributed by atoms with Gasteiger partial charge in [0, 0.05) is 23.3 Å². The Balaban J connectivity index is 2.14. The van der Waals surface area contributed by atoms with E-state index in [9.17, 15) is 9.59 Å². The van der Waals surface area contributed by atoms with Crippen molar-refractivity contribution in [2.45, 2.75) is 20.8 Å². The third-order valence-corrected chi connectivity index (χ3v) is 3.54. The first-order valence-corrected chi connectivity index (χ1v) is 7.65. The fraction of sp³-hybridized carbons (Fsp3) is 0.222. The Bertz CT molecular complexity index is 723. The number of nitrogens with one attached hydrogen (secondary N) is 1. The maximum Gasteiger partial charge on any atom is 0.244 e. The Morgan fingerprint density at radius 2 is 1.74 bits per heavy atom. The molecule has 2 aromatic carbocycles. The van der Waals surface area contributed by atoms with Gasteiger partial charge in [-0.25, -0.2) is 0 Å². The molecule has 0 saturated carbocycles. The van der Waals surface area contributed by atoms with Crippen molar-refractivity contribution < 1.29 is 9.59 Å². The third kappa shape index (κ3) is 4.83. The molecule has 0 aromatic heterocycles. The Kier molecular flexibility index (Phi) is 5.40. The number of aryl methyl sites for hydroxylation is 2. The van der Waals surface area contributed by atoms with Crippen LogP contribution >= 0.6 is 11.6 Å². The Morgan fingerprint density at radius 3 is 2.30 bits per heavy atom. The highest BCUT2D eigenvalue weighted by Gasteiger charge is 2.16. The van der Waals surface area contributed by atoms with Crippen LogP contribution in [-0.4, -0.2) is 18.4 Å². The van der Waals surface area contributed by atoms with Crippen LogP contribution in [0.1, 0.15) is 18.1 Å². The predicted molar refractivity (Wildman–Crippen MR) is 94.0 cm³/mol. The van der Waals surface area contributed by atoms with Crippen LogP contribution in [0.4, 0.5) is 11.4 Å². The smallest absolute Gasteiger partial charge is 0.244 e. The summed E-state index contributed by atoms with van der Waals surface area (Å²) in [5, 5.41) is 3.34. The molecule has 23 heavy (non-hydrogen) atoms. The number of carbonyl (C=O) groups excluding carboxylic acids is 2. The number of nitrogens with zero attached hydrogens (tertiary/aromatic N) is 1. The van der Waals surface area contributed by atoms with E-state index in [0.29, 0.717) is 10.7 Å². The van der Waals surface area contributed by atoms with Gasteiger partial charge in [-0.3, -0.25) is 9.59 Å². The first-order chi connectivity index (χ1) is 10.8. The van der Waals surface area contributed by atoms with Crippen molar-refractivity contribution in [3.63, 3.8) is 0 Å². The summed E-state index contributed by atoms with van der Waals surface area (Å²) in [5.41, 5.74) is 3.46. The molecule has 0 aliphatic heterocycles. The number of rotatable bonds is 4. The summed E-state index contributed by atoms with van der Waals surface area (Å²) in [6, 6.07) is 12.7. The molecule has 0 fully saturated rings. The van der Waals surface area contributed by atoms with Gasteiger partial charge in [-0.15, -0.1) is 0 Å². The molecule has 1 N–H and O–H groups in total. The Labute approximate surface area is 141 Å². The molecule has 2 rings (SSSR count). The maximum atomic E-state index is 12.3. The molecule has 0 aliphatic carbocycles. The number of amides is 2. The molecule has 120 valence electrons. The fourth-order valence-electron chi connectivity index (χ4n) is 2.42. The summed E-state index contributed by atoms with van der Waals surface area (Å²) >= 11 is 5.96. The second kappa shape index (κ2) is 7.29. The van der Waals surface area contributed by atoms with E-state index in [1.54, 1.807) is 24.3 Å². The van der Waals surface area contributed by atoms with Crippen LogP contribution < -0.4 is 10.2 Å². The molecule has 0 aliphatic rings. The number of halogens is 1. The number of hydrogen-bond donors (Lipinski definition) is 1. The van der Waals surface area contributed by atoms with Crippen LogP contribution in [0.3, 0.4) is 0 Å². The monoisotopic (exact) mass is 330 g/mol. The predicted octanol–water partition coefficient (Wildman–Crippen LogP) is 3.95. The van der Waals surface area contributed by atoms with E-state index < -0.39 is 0 Å². The molecule has 0 bridgehead atoms. The van der Waals surface area contributed by atoms with E-state index in [1.165, 1.54) is 11.8 Å². The summed E-state index contributed by atoms with van der Waals surface area (Å²) in [6.07, 6.45) is 0. The molecule has 0 heterocycles. The number of hydrogen-bond acceptors (Lipinski definition) is 2. The molecule has 4 nitrogen and oxygen atoms in total. The van der Waals surface area contributed by atoms with Gasteiger partial charge in [0.1, 0.15) is 6.54 Å². The second-order valence-electron chi connectivity index (χ2n) is 5.51. The van der Waals surface area contributed by atoms with Crippen molar-refractivity contribution in [2.75, 3.05) is 16.8 Å². The molecule has 2 amide bonds. The van der Waals surface area contributed by atoms with Crippen LogP contribution in [0.2, 0.25) is 5.02 Å². The standard InChI is InChI=1S/C18H19ClN2O2/c1-12-7-13(2)9-16(8-12)20-18(23)11-21(14(3)22)17-6-4-5-15(19)10-17/h4-10H,11H2,1-3H3,(H,20,23). The molecule has 0 saturated heterocycles. The first-order valence-electron chi connectivity index (χ1n) is 7.27. The second-order valence-corrected chi connectivity index (χ2v) is 5.95. The molecule has 0 atom stereocenters. The normalized spacial score (nSPS) is 10.3. The maximum absolute atomic E-state index is 12.3. The van der Waals surface area contributed by atoms with E-state index in [4.69, 9.17) is 11.6 Å². The lowest BCUT2D eigenvalue weighted by molar-refractivity contribution is -0.120. The lowest BCUT2D eigenvalue weighted by Gasteiger charge is -2.21. The van der Waals surface area contributed by atoms with Gasteiger partial charge in [-0.2, -0.15) is 0 Å². The fourth-order valence-corrected chi connectivity index (χ4v) is 2.60. The van der Waals surface area contributed by atoms with Gasteiger partial charge in [0.2, 0.25) is 11.8 Å². The minimum Gasteiger partial charge on any atom is -0.325 e. The van der Waals surface area contributed by atoms with Gasteiger partial charge >= 0.3 is 0 Å². The average Bonchev–Trinajstić information content (AvgIpc) is 2.43. The van der Waals surface area contributed by atoms with Crippen LogP contribution in [0.5, 0.6) is 0 Å². The molecular formula is C18H19ClN2O2. The van der Waals surface area contributed by atoms with Gasteiger partial charge in [-0.05, 0) is 55.3 Å². The van der Waals surface area contributed by atoms with Crippen molar-refractivity contribution in [2.24, 2.45) is 0 Å². The summed E-state index contributed by atoms with van der Waals surface area (Å²) in [5.74, 6) is -0.479. The highest BCUT2D eigenvalue weighted by atomic mass is 35.5. The van der Waals surface area contributed by atoms with Gasteiger partial charge in [0.25, 0.3) is 0 Å². The van der Waals surface area contributed by atoms with Crippen molar-refractivity contribution in [3.8, 4) is 0 Å². The molecule has 0 spiro atoms. The average molecular weight is 331 g/mol. The van der Waals surface area contributed by atoms with Crippen LogP contribution in [0.15, 0.2) is 42.5 Å². The largest absolute Gasteiger partial charge is 0.325 e. The van der Waals surface area contributed by atoms with E-state index in [-0.39, 0.29) is 18.4 Å². The Morgan fingerprint density at radius 1 is 1.09 bits per heavy atom. The molecule has 0 unspecified atom stereocenters. The van der Waals surface area contributed by atoms with Crippen LogP contribution in [-0.2, 0) is 9.59 Å². The van der Waals surface area contributed by atoms with E-state index in [0.717, 1.165) is 16.8 Å². The zero-order chi connectivity index (χ0) is 17.0. The summed E-state index contributed by atoms with van der Waals surface area (Å²) in [7, 11) is 0. The van der Waals surface area contributed by atoms with E-state index in [2.05, 4.69) is 5.32 Å². The van der Waals surface area contributed by atoms with Crippen molar-refractivity contribution in [1.29, 1.82) is 0 Å². The SMILES string of the molecule is CC(=O)N(CC(=O)Nc1cc(C)cc(C)c1)c1cccc(Cl)c1. The summed E-state index contributed by atoms with van der Waals surface area (Å²) in [6.45, 7) is 5.29. The summed E-state index contributed by atoms with van der Waals surface area (Å²) < 4.78 is 0. The van der Waals surface area contributed by atoms with Crippen molar-refractivity contribution >= 4 is 34.8 Å². The minimum atomic E-state index is -0.259. The zero-order valence-electron chi connectivity index (χ0n) is 13.4. The highest BCUT2D eigenvalue weighted by Crippen LogP contribution is 2.20. The first kappa shape index (κ1) is 17.0. The molecule has 5 heteroatoms.